The molecule has 60 valence electrons. The number of hydrogen-bond acceptors (Lipinski definition) is 4. The third-order valence-electron chi connectivity index (χ3n) is 0.536. The van der Waals surface area contributed by atoms with Gasteiger partial charge in [-0.25, -0.2) is 4.57 Å². The predicted octanol–water partition coefficient (Wildman–Crippen LogP) is 0.686. The molecule has 0 rings (SSSR count). The summed E-state index contributed by atoms with van der Waals surface area (Å²) in [6.07, 6.45) is 0. The van der Waals surface area contributed by atoms with Gasteiger partial charge >= 0.3 is 13.8 Å². The fraction of sp³-hybridized carbons (Fsp3) is 0.750. The fourth-order valence-corrected chi connectivity index (χ4v) is 1.06. The number of carbonyl (C=O) groups is 1. The van der Waals surface area contributed by atoms with Crippen molar-refractivity contribution in [2.45, 2.75) is 13.8 Å². The Balaban J connectivity index is 3.87. The molecule has 0 bridgehead atoms. The molecular weight excluding hydrogens is 159 g/mol. The van der Waals surface area contributed by atoms with Gasteiger partial charge < -0.3 is 4.52 Å². The minimum absolute atomic E-state index is 0.0288. The maximum atomic E-state index is 10.5. The second-order valence-corrected chi connectivity index (χ2v) is 2.85. The number of phosphoric acid groups is 1. The molecule has 0 spiro atoms. The number of phosphoric ester groups is 1. The van der Waals surface area contributed by atoms with Crippen LogP contribution in [-0.2, 0) is 18.4 Å². The van der Waals surface area contributed by atoms with Crippen LogP contribution in [0.4, 0.5) is 0 Å². The molecule has 1 atom stereocenters. The van der Waals surface area contributed by atoms with Gasteiger partial charge in [0.15, 0.2) is 0 Å². The van der Waals surface area contributed by atoms with Crippen LogP contribution >= 0.6 is 7.82 Å². The fourth-order valence-electron chi connectivity index (χ4n) is 0.352. The standard InChI is InChI=1S/C4H9O5P/c1-3-8-10(6,7)9-4(2)5/h3H2,1-2H3,(H,6,7). The van der Waals surface area contributed by atoms with Gasteiger partial charge in [0.1, 0.15) is 0 Å². The quantitative estimate of drug-likeness (QED) is 0.627. The molecule has 0 heterocycles. The predicted molar refractivity (Wildman–Crippen MR) is 33.2 cm³/mol. The van der Waals surface area contributed by atoms with Crippen LogP contribution < -0.4 is 0 Å². The molecule has 0 saturated heterocycles. The molecule has 0 aliphatic heterocycles. The van der Waals surface area contributed by atoms with E-state index in [0.29, 0.717) is 0 Å². The first kappa shape index (κ1) is 9.62. The molecule has 0 aromatic rings. The summed E-state index contributed by atoms with van der Waals surface area (Å²) in [4.78, 5) is 18.7. The maximum absolute atomic E-state index is 10.5. The van der Waals surface area contributed by atoms with Crippen molar-refractivity contribution in [1.29, 1.82) is 0 Å². The summed E-state index contributed by atoms with van der Waals surface area (Å²) in [5.74, 6) is -0.834. The van der Waals surface area contributed by atoms with E-state index in [0.717, 1.165) is 6.92 Å². The van der Waals surface area contributed by atoms with E-state index in [1.807, 2.05) is 0 Å². The molecule has 0 aliphatic rings. The van der Waals surface area contributed by atoms with E-state index in [-0.39, 0.29) is 6.61 Å². The molecule has 0 aromatic carbocycles. The smallest absolute Gasteiger partial charge is 0.371 e. The number of rotatable bonds is 3. The minimum atomic E-state index is -4.10. The van der Waals surface area contributed by atoms with Gasteiger partial charge in [-0.3, -0.25) is 14.2 Å². The van der Waals surface area contributed by atoms with Crippen LogP contribution in [0.2, 0.25) is 0 Å². The van der Waals surface area contributed by atoms with E-state index >= 15 is 0 Å². The highest BCUT2D eigenvalue weighted by Gasteiger charge is 2.22. The molecule has 0 saturated carbocycles. The summed E-state index contributed by atoms with van der Waals surface area (Å²) in [5, 5.41) is 0. The van der Waals surface area contributed by atoms with Crippen molar-refractivity contribution in [3.63, 3.8) is 0 Å². The van der Waals surface area contributed by atoms with Crippen molar-refractivity contribution in [1.82, 2.24) is 0 Å². The van der Waals surface area contributed by atoms with Crippen molar-refractivity contribution in [2.24, 2.45) is 0 Å². The van der Waals surface area contributed by atoms with Crippen LogP contribution in [0.3, 0.4) is 0 Å². The lowest BCUT2D eigenvalue weighted by Crippen LogP contribution is -1.99. The first-order valence-corrected chi connectivity index (χ1v) is 4.15. The van der Waals surface area contributed by atoms with E-state index in [2.05, 4.69) is 9.05 Å². The van der Waals surface area contributed by atoms with Gasteiger partial charge in [0.05, 0.1) is 6.61 Å². The van der Waals surface area contributed by atoms with E-state index in [1.165, 1.54) is 6.92 Å². The molecule has 10 heavy (non-hydrogen) atoms. The van der Waals surface area contributed by atoms with Gasteiger partial charge in [-0.1, -0.05) is 0 Å². The molecule has 0 fully saturated rings. The maximum Gasteiger partial charge on any atom is 0.529 e. The average Bonchev–Trinajstić information content (AvgIpc) is 1.59. The van der Waals surface area contributed by atoms with E-state index in [4.69, 9.17) is 4.89 Å². The van der Waals surface area contributed by atoms with E-state index < -0.39 is 13.8 Å². The summed E-state index contributed by atoms with van der Waals surface area (Å²) in [7, 11) is -4.10. The molecule has 5 nitrogen and oxygen atoms in total. The Hall–Kier alpha value is -0.380. The molecule has 0 aromatic heterocycles. The first-order chi connectivity index (χ1) is 4.48. The molecule has 6 heteroatoms. The minimum Gasteiger partial charge on any atom is -0.371 e. The molecular formula is C4H9O5P. The van der Waals surface area contributed by atoms with Gasteiger partial charge in [-0.05, 0) is 6.92 Å². The largest absolute Gasteiger partial charge is 0.529 e. The Bertz CT molecular complexity index is 165. The van der Waals surface area contributed by atoms with Crippen molar-refractivity contribution < 1.29 is 23.3 Å². The summed E-state index contributed by atoms with van der Waals surface area (Å²) < 4.78 is 18.7. The van der Waals surface area contributed by atoms with Gasteiger partial charge in [0.25, 0.3) is 0 Å². The van der Waals surface area contributed by atoms with Gasteiger partial charge in [0.2, 0.25) is 0 Å². The topological polar surface area (TPSA) is 72.8 Å². The van der Waals surface area contributed by atoms with E-state index in [9.17, 15) is 9.36 Å². The highest BCUT2D eigenvalue weighted by Crippen LogP contribution is 2.42. The molecule has 1 unspecified atom stereocenters. The van der Waals surface area contributed by atoms with Crippen LogP contribution in [0.25, 0.3) is 0 Å². The Morgan fingerprint density at radius 1 is 1.70 bits per heavy atom. The van der Waals surface area contributed by atoms with Gasteiger partial charge in [-0.15, -0.1) is 0 Å². The Kier molecular flexibility index (Phi) is 3.57. The van der Waals surface area contributed by atoms with Crippen LogP contribution in [0.15, 0.2) is 0 Å². The SMILES string of the molecule is CCOP(=O)(O)OC(C)=O. The summed E-state index contributed by atoms with van der Waals surface area (Å²) in [5.41, 5.74) is 0. The highest BCUT2D eigenvalue weighted by molar-refractivity contribution is 7.48. The highest BCUT2D eigenvalue weighted by atomic mass is 31.2. The zero-order chi connectivity index (χ0) is 8.20. The molecule has 1 N–H and O–H groups in total. The number of carbonyl (C=O) groups excluding carboxylic acids is 1. The van der Waals surface area contributed by atoms with Crippen LogP contribution in [0.5, 0.6) is 0 Å². The third-order valence-corrected chi connectivity index (χ3v) is 1.61. The van der Waals surface area contributed by atoms with Crippen molar-refractivity contribution in [2.75, 3.05) is 6.61 Å². The van der Waals surface area contributed by atoms with Crippen LogP contribution in [0, 0.1) is 0 Å². The summed E-state index contributed by atoms with van der Waals surface area (Å²) >= 11 is 0. The second kappa shape index (κ2) is 3.71. The van der Waals surface area contributed by atoms with Crippen molar-refractivity contribution in [3.8, 4) is 0 Å². The Morgan fingerprint density at radius 2 is 2.20 bits per heavy atom. The monoisotopic (exact) mass is 168 g/mol. The van der Waals surface area contributed by atoms with Crippen molar-refractivity contribution >= 4 is 13.8 Å². The normalized spacial score (nSPS) is 15.9. The Morgan fingerprint density at radius 3 is 2.50 bits per heavy atom. The first-order valence-electron chi connectivity index (χ1n) is 2.65. The molecule has 0 radical (unpaired) electrons. The summed E-state index contributed by atoms with van der Waals surface area (Å²) in [6, 6.07) is 0. The Labute approximate surface area is 58.6 Å². The zero-order valence-corrected chi connectivity index (χ0v) is 6.63. The lowest BCUT2D eigenvalue weighted by atomic mass is 10.9. The zero-order valence-electron chi connectivity index (χ0n) is 5.73. The van der Waals surface area contributed by atoms with E-state index in [1.54, 1.807) is 0 Å². The lowest BCUT2D eigenvalue weighted by molar-refractivity contribution is -0.133. The molecule has 0 aliphatic carbocycles. The van der Waals surface area contributed by atoms with Crippen molar-refractivity contribution in [3.05, 3.63) is 0 Å². The molecule has 0 amide bonds. The lowest BCUT2D eigenvalue weighted by Gasteiger charge is -2.07. The van der Waals surface area contributed by atoms with Gasteiger partial charge in [-0.2, -0.15) is 0 Å². The van der Waals surface area contributed by atoms with Crippen LogP contribution in [-0.4, -0.2) is 17.5 Å². The average molecular weight is 168 g/mol. The summed E-state index contributed by atoms with van der Waals surface area (Å²) in [6.45, 7) is 2.58. The van der Waals surface area contributed by atoms with Crippen LogP contribution in [0.1, 0.15) is 13.8 Å². The second-order valence-electron chi connectivity index (χ2n) is 1.47. The third kappa shape index (κ3) is 4.49. The van der Waals surface area contributed by atoms with Gasteiger partial charge in [0, 0.05) is 6.92 Å². The number of hydrogen-bond donors (Lipinski definition) is 1.